The first kappa shape index (κ1) is 25.5. The molecule has 2 aliphatic heterocycles. The van der Waals surface area contributed by atoms with Crippen molar-refractivity contribution in [1.29, 1.82) is 0 Å². The highest BCUT2D eigenvalue weighted by Crippen LogP contribution is 2.38. The van der Waals surface area contributed by atoms with E-state index in [1.54, 1.807) is 29.2 Å². The molecule has 4 rings (SSSR count). The largest absolute Gasteiger partial charge is 0.490 e. The van der Waals surface area contributed by atoms with Crippen LogP contribution in [0, 0.1) is 6.92 Å². The zero-order chi connectivity index (χ0) is 24.9. The molecule has 2 aliphatic rings. The van der Waals surface area contributed by atoms with E-state index in [9.17, 15) is 9.59 Å². The molecule has 2 amide bonds. The number of morpholine rings is 1. The molecule has 35 heavy (non-hydrogen) atoms. The Morgan fingerprint density at radius 2 is 1.94 bits per heavy atom. The van der Waals surface area contributed by atoms with Crippen LogP contribution in [0.5, 0.6) is 11.5 Å². The van der Waals surface area contributed by atoms with E-state index in [-0.39, 0.29) is 18.4 Å². The highest BCUT2D eigenvalue weighted by atomic mass is 35.5. The van der Waals surface area contributed by atoms with Crippen LogP contribution in [0.15, 0.2) is 41.3 Å². The first-order valence-corrected chi connectivity index (χ1v) is 12.8. The summed E-state index contributed by atoms with van der Waals surface area (Å²) in [5, 5.41) is 0.574. The third kappa shape index (κ3) is 5.98. The van der Waals surface area contributed by atoms with E-state index in [0.29, 0.717) is 64.3 Å². The molecule has 0 unspecified atom stereocenters. The molecule has 0 bridgehead atoms. The van der Waals surface area contributed by atoms with Crippen LogP contribution in [0.3, 0.4) is 0 Å². The summed E-state index contributed by atoms with van der Waals surface area (Å²) in [7, 11) is 0. The summed E-state index contributed by atoms with van der Waals surface area (Å²) < 4.78 is 17.2. The molecule has 2 aromatic rings. The Balaban J connectivity index is 1.50. The van der Waals surface area contributed by atoms with E-state index >= 15 is 0 Å². The molecule has 10 heteroatoms. The van der Waals surface area contributed by atoms with Gasteiger partial charge in [0, 0.05) is 18.1 Å². The molecule has 0 atom stereocenters. The van der Waals surface area contributed by atoms with Gasteiger partial charge in [0.15, 0.2) is 22.4 Å². The standard InChI is InChI=1S/C25H25ClN2O5S2/c1-3-32-21-12-17(5-7-20(21)33-15-23(29)27-8-10-31-11-9-27)13-22-24(30)28(25(34)35-22)18-6-4-16(2)19(26)14-18/h4-7,12-14H,3,8-11,15H2,1-2H3/b22-13-. The van der Waals surface area contributed by atoms with Crippen LogP contribution in [-0.2, 0) is 14.3 Å². The van der Waals surface area contributed by atoms with Crippen LogP contribution in [0.2, 0.25) is 5.02 Å². The number of halogens is 1. The van der Waals surface area contributed by atoms with E-state index in [2.05, 4.69) is 0 Å². The van der Waals surface area contributed by atoms with Crippen molar-refractivity contribution in [2.24, 2.45) is 0 Å². The third-order valence-corrected chi connectivity index (χ3v) is 7.20. The third-order valence-electron chi connectivity index (χ3n) is 5.49. The molecule has 2 fully saturated rings. The second-order valence-corrected chi connectivity index (χ2v) is 9.95. The monoisotopic (exact) mass is 532 g/mol. The molecular formula is C25H25ClN2O5S2. The molecule has 0 aliphatic carbocycles. The maximum absolute atomic E-state index is 13.1. The minimum Gasteiger partial charge on any atom is -0.490 e. The Hall–Kier alpha value is -2.59. The second kappa shape index (κ2) is 11.4. The van der Waals surface area contributed by atoms with Crippen molar-refractivity contribution in [3.63, 3.8) is 0 Å². The van der Waals surface area contributed by atoms with E-state index < -0.39 is 0 Å². The predicted molar refractivity (Wildman–Crippen MR) is 142 cm³/mol. The van der Waals surface area contributed by atoms with Gasteiger partial charge >= 0.3 is 0 Å². The number of thioether (sulfide) groups is 1. The smallest absolute Gasteiger partial charge is 0.270 e. The summed E-state index contributed by atoms with van der Waals surface area (Å²) in [6, 6.07) is 10.8. The van der Waals surface area contributed by atoms with Gasteiger partial charge in [-0.3, -0.25) is 14.5 Å². The number of carbonyl (C=O) groups excluding carboxylic acids is 2. The molecule has 0 aromatic heterocycles. The average Bonchev–Trinajstić information content (AvgIpc) is 3.13. The van der Waals surface area contributed by atoms with Gasteiger partial charge in [-0.15, -0.1) is 0 Å². The minimum absolute atomic E-state index is 0.0861. The Kier molecular flexibility index (Phi) is 8.33. The zero-order valence-corrected chi connectivity index (χ0v) is 21.8. The molecule has 0 saturated carbocycles. The topological polar surface area (TPSA) is 68.3 Å². The van der Waals surface area contributed by atoms with Crippen molar-refractivity contribution in [3.8, 4) is 11.5 Å². The number of carbonyl (C=O) groups is 2. The van der Waals surface area contributed by atoms with E-state index in [4.69, 9.17) is 38.0 Å². The molecule has 7 nitrogen and oxygen atoms in total. The molecule has 2 aromatic carbocycles. The van der Waals surface area contributed by atoms with Gasteiger partial charge in [0.1, 0.15) is 0 Å². The normalized spacial score (nSPS) is 17.3. The van der Waals surface area contributed by atoms with Crippen LogP contribution in [0.25, 0.3) is 6.08 Å². The molecule has 0 spiro atoms. The Bertz CT molecular complexity index is 1180. The first-order valence-electron chi connectivity index (χ1n) is 11.2. The fourth-order valence-electron chi connectivity index (χ4n) is 3.61. The van der Waals surface area contributed by atoms with Gasteiger partial charge in [-0.05, 0) is 55.3 Å². The highest BCUT2D eigenvalue weighted by molar-refractivity contribution is 8.27. The first-order chi connectivity index (χ1) is 16.9. The van der Waals surface area contributed by atoms with Gasteiger partial charge in [-0.2, -0.15) is 0 Å². The van der Waals surface area contributed by atoms with Gasteiger partial charge in [-0.25, -0.2) is 0 Å². The Morgan fingerprint density at radius 3 is 2.66 bits per heavy atom. The predicted octanol–water partition coefficient (Wildman–Crippen LogP) is 4.69. The van der Waals surface area contributed by atoms with E-state index in [0.717, 1.165) is 11.1 Å². The molecule has 0 N–H and O–H groups in total. The van der Waals surface area contributed by atoms with Gasteiger partial charge in [-0.1, -0.05) is 47.7 Å². The Labute approximate surface area is 218 Å². The van der Waals surface area contributed by atoms with Gasteiger partial charge in [0.05, 0.1) is 30.4 Å². The summed E-state index contributed by atoms with van der Waals surface area (Å²) in [6.07, 6.45) is 1.76. The number of benzene rings is 2. The van der Waals surface area contributed by atoms with Crippen LogP contribution < -0.4 is 14.4 Å². The summed E-state index contributed by atoms with van der Waals surface area (Å²) in [5.41, 5.74) is 2.31. The SMILES string of the molecule is CCOc1cc(/C=C2\SC(=S)N(c3ccc(C)c(Cl)c3)C2=O)ccc1OCC(=O)N1CCOCC1. The number of rotatable bonds is 7. The summed E-state index contributed by atoms with van der Waals surface area (Å²) in [6.45, 7) is 6.30. The number of aryl methyl sites for hydroxylation is 1. The van der Waals surface area contributed by atoms with Crippen molar-refractivity contribution in [1.82, 2.24) is 4.90 Å². The lowest BCUT2D eigenvalue weighted by molar-refractivity contribution is -0.137. The Morgan fingerprint density at radius 1 is 1.17 bits per heavy atom. The van der Waals surface area contributed by atoms with Crippen LogP contribution >= 0.6 is 35.6 Å². The number of anilines is 1. The van der Waals surface area contributed by atoms with Crippen molar-refractivity contribution in [2.45, 2.75) is 13.8 Å². The minimum atomic E-state index is -0.214. The number of hydrogen-bond donors (Lipinski definition) is 0. The number of amides is 2. The maximum atomic E-state index is 13.1. The average molecular weight is 533 g/mol. The highest BCUT2D eigenvalue weighted by Gasteiger charge is 2.33. The summed E-state index contributed by atoms with van der Waals surface area (Å²) in [5.74, 6) is 0.651. The lowest BCUT2D eigenvalue weighted by atomic mass is 10.1. The van der Waals surface area contributed by atoms with Gasteiger partial charge < -0.3 is 19.1 Å². The lowest BCUT2D eigenvalue weighted by Gasteiger charge is -2.26. The quantitative estimate of drug-likeness (QED) is 0.378. The van der Waals surface area contributed by atoms with Gasteiger partial charge in [0.25, 0.3) is 11.8 Å². The van der Waals surface area contributed by atoms with Crippen molar-refractivity contribution in [3.05, 3.63) is 57.5 Å². The van der Waals surface area contributed by atoms with Crippen molar-refractivity contribution < 1.29 is 23.8 Å². The van der Waals surface area contributed by atoms with Crippen LogP contribution in [-0.4, -0.2) is 60.6 Å². The van der Waals surface area contributed by atoms with E-state index in [1.807, 2.05) is 32.0 Å². The lowest BCUT2D eigenvalue weighted by Crippen LogP contribution is -2.43. The zero-order valence-electron chi connectivity index (χ0n) is 19.4. The second-order valence-electron chi connectivity index (χ2n) is 7.87. The maximum Gasteiger partial charge on any atom is 0.270 e. The molecular weight excluding hydrogens is 508 g/mol. The summed E-state index contributed by atoms with van der Waals surface area (Å²) in [4.78, 5) is 29.2. The number of hydrogen-bond acceptors (Lipinski definition) is 7. The van der Waals surface area contributed by atoms with Gasteiger partial charge in [0.2, 0.25) is 0 Å². The van der Waals surface area contributed by atoms with Crippen LogP contribution in [0.4, 0.5) is 5.69 Å². The van der Waals surface area contributed by atoms with E-state index in [1.165, 1.54) is 16.7 Å². The fourth-order valence-corrected chi connectivity index (χ4v) is 5.08. The summed E-state index contributed by atoms with van der Waals surface area (Å²) >= 11 is 12.9. The molecule has 2 saturated heterocycles. The van der Waals surface area contributed by atoms with Crippen molar-refractivity contribution >= 4 is 63.5 Å². The fraction of sp³-hybridized carbons (Fsp3) is 0.320. The van der Waals surface area contributed by atoms with Crippen molar-refractivity contribution in [2.75, 3.05) is 44.4 Å². The molecule has 2 heterocycles. The molecule has 184 valence electrons. The number of nitrogens with zero attached hydrogens (tertiary/aromatic N) is 2. The molecule has 0 radical (unpaired) electrons. The number of ether oxygens (including phenoxy) is 3. The number of thiocarbonyl (C=S) groups is 1. The van der Waals surface area contributed by atoms with Crippen LogP contribution in [0.1, 0.15) is 18.1 Å².